The van der Waals surface area contributed by atoms with E-state index >= 15 is 0 Å². The van der Waals surface area contributed by atoms with E-state index < -0.39 is 0 Å². The molecule has 1 heterocycles. The van der Waals surface area contributed by atoms with Crippen LogP contribution in [0.25, 0.3) is 0 Å². The van der Waals surface area contributed by atoms with Gasteiger partial charge in [0.15, 0.2) is 0 Å². The Kier molecular flexibility index (Phi) is 1.30. The second-order valence-corrected chi connectivity index (χ2v) is 1.22. The highest BCUT2D eigenvalue weighted by Gasteiger charge is 1.81. The molecule has 1 rings (SSSR count). The molecule has 0 bridgehead atoms. The fourth-order valence-corrected chi connectivity index (χ4v) is 0.287. The zero-order valence-electron chi connectivity index (χ0n) is 4.37. The van der Waals surface area contributed by atoms with Gasteiger partial charge in [0.1, 0.15) is 5.84 Å². The third-order valence-corrected chi connectivity index (χ3v) is 0.601. The first-order valence-electron chi connectivity index (χ1n) is 2.12. The van der Waals surface area contributed by atoms with Gasteiger partial charge in [0.25, 0.3) is 0 Å². The van der Waals surface area contributed by atoms with Crippen LogP contribution in [0.15, 0.2) is 26.6 Å². The van der Waals surface area contributed by atoms with E-state index in [0.717, 1.165) is 0 Å². The van der Waals surface area contributed by atoms with Crippen LogP contribution in [0.2, 0.25) is 0 Å². The maximum Gasteiger partial charge on any atom is 0.150 e. The first kappa shape index (κ1) is 4.87. The standard InChI is InChI=1S/C4H4N4/c1-4-5-2-3-6-8-7-4/h2H,1H3. The summed E-state index contributed by atoms with van der Waals surface area (Å²) in [6.07, 6.45) is 1.43. The van der Waals surface area contributed by atoms with Gasteiger partial charge in [0.2, 0.25) is 0 Å². The van der Waals surface area contributed by atoms with E-state index in [9.17, 15) is 0 Å². The quantitative estimate of drug-likeness (QED) is 0.444. The summed E-state index contributed by atoms with van der Waals surface area (Å²) in [6.45, 7) is 1.74. The van der Waals surface area contributed by atoms with Crippen LogP contribution in [-0.2, 0) is 0 Å². The van der Waals surface area contributed by atoms with Crippen LogP contribution in [0, 0.1) is 0 Å². The molecule has 4 heteroatoms. The third-order valence-electron chi connectivity index (χ3n) is 0.601. The van der Waals surface area contributed by atoms with Crippen molar-refractivity contribution in [3.8, 4) is 0 Å². The van der Waals surface area contributed by atoms with Gasteiger partial charge in [-0.3, -0.25) is 0 Å². The van der Waals surface area contributed by atoms with Gasteiger partial charge >= 0.3 is 0 Å². The van der Waals surface area contributed by atoms with Crippen LogP contribution in [0.3, 0.4) is 0 Å². The van der Waals surface area contributed by atoms with Crippen LogP contribution in [0.5, 0.6) is 0 Å². The van der Waals surface area contributed by atoms with Gasteiger partial charge in [-0.05, 0) is 12.1 Å². The second kappa shape index (κ2) is 2.14. The van der Waals surface area contributed by atoms with Gasteiger partial charge in [0, 0.05) is 5.87 Å². The summed E-state index contributed by atoms with van der Waals surface area (Å²) in [5, 5.41) is 10.2. The lowest BCUT2D eigenvalue weighted by Gasteiger charge is -1.76. The first-order chi connectivity index (χ1) is 3.89. The van der Waals surface area contributed by atoms with Crippen molar-refractivity contribution in [1.29, 1.82) is 0 Å². The van der Waals surface area contributed by atoms with Gasteiger partial charge in [-0.2, -0.15) is 0 Å². The number of amidine groups is 1. The zero-order chi connectivity index (χ0) is 5.82. The van der Waals surface area contributed by atoms with Crippen molar-refractivity contribution in [2.75, 3.05) is 0 Å². The van der Waals surface area contributed by atoms with Gasteiger partial charge < -0.3 is 0 Å². The molecule has 0 amide bonds. The predicted octanol–water partition coefficient (Wildman–Crippen LogP) is 0.969. The zero-order valence-corrected chi connectivity index (χ0v) is 4.37. The Morgan fingerprint density at radius 3 is 3.38 bits per heavy atom. The first-order valence-corrected chi connectivity index (χ1v) is 2.12. The molecular weight excluding hydrogens is 104 g/mol. The monoisotopic (exact) mass is 108 g/mol. The van der Waals surface area contributed by atoms with Crippen molar-refractivity contribution in [3.05, 3.63) is 6.20 Å². The molecule has 0 saturated carbocycles. The Labute approximate surface area is 46.3 Å². The fraction of sp³-hybridized carbons (Fsp3) is 0.250. The molecule has 8 heavy (non-hydrogen) atoms. The summed E-state index contributed by atoms with van der Waals surface area (Å²) in [7, 11) is 0. The topological polar surface area (TPSA) is 49.4 Å². The highest BCUT2D eigenvalue weighted by Crippen LogP contribution is 1.85. The lowest BCUT2D eigenvalue weighted by atomic mass is 10.7. The molecule has 0 aliphatic carbocycles. The van der Waals surface area contributed by atoms with E-state index in [0.29, 0.717) is 5.84 Å². The average Bonchev–Trinajstić information content (AvgIpc) is 1.94. The van der Waals surface area contributed by atoms with Gasteiger partial charge in [-0.15, -0.1) is 5.11 Å². The van der Waals surface area contributed by atoms with Gasteiger partial charge in [0.05, 0.1) is 6.20 Å². The van der Waals surface area contributed by atoms with Crippen LogP contribution in [-0.4, -0.2) is 11.7 Å². The fourth-order valence-electron chi connectivity index (χ4n) is 0.287. The Bertz CT molecular complexity index is 194. The van der Waals surface area contributed by atoms with Crippen molar-refractivity contribution >= 4 is 11.7 Å². The summed E-state index contributed by atoms with van der Waals surface area (Å²) in [4.78, 5) is 3.75. The van der Waals surface area contributed by atoms with E-state index in [1.807, 2.05) is 0 Å². The van der Waals surface area contributed by atoms with Crippen LogP contribution in [0.4, 0.5) is 0 Å². The molecule has 1 aliphatic heterocycles. The van der Waals surface area contributed by atoms with Crippen molar-refractivity contribution in [2.24, 2.45) is 20.4 Å². The number of nitrogens with zero attached hydrogens (tertiary/aromatic N) is 4. The normalized spacial score (nSPS) is 15.9. The predicted molar refractivity (Wildman–Crippen MR) is 30.0 cm³/mol. The molecule has 0 radical (unpaired) electrons. The van der Waals surface area contributed by atoms with Crippen molar-refractivity contribution < 1.29 is 0 Å². The second-order valence-electron chi connectivity index (χ2n) is 1.22. The van der Waals surface area contributed by atoms with E-state index in [-0.39, 0.29) is 0 Å². The number of hydrogen-bond acceptors (Lipinski definition) is 4. The Balaban J connectivity index is 2.90. The molecule has 0 fully saturated rings. The largest absolute Gasteiger partial charge is 0.230 e. The molecule has 0 atom stereocenters. The van der Waals surface area contributed by atoms with Crippen molar-refractivity contribution in [3.63, 3.8) is 0 Å². The van der Waals surface area contributed by atoms with Gasteiger partial charge in [-0.25, -0.2) is 4.99 Å². The molecule has 0 spiro atoms. The van der Waals surface area contributed by atoms with E-state index in [1.54, 1.807) is 6.92 Å². The van der Waals surface area contributed by atoms with Gasteiger partial charge in [-0.1, -0.05) is 5.10 Å². The maximum absolute atomic E-state index is 3.75. The van der Waals surface area contributed by atoms with Crippen LogP contribution >= 0.6 is 0 Å². The van der Waals surface area contributed by atoms with Crippen LogP contribution in [0.1, 0.15) is 6.92 Å². The van der Waals surface area contributed by atoms with E-state index in [1.165, 1.54) is 6.20 Å². The van der Waals surface area contributed by atoms with Crippen molar-refractivity contribution in [2.45, 2.75) is 6.92 Å². The molecule has 0 N–H and O–H groups in total. The Morgan fingerprint density at radius 1 is 1.62 bits per heavy atom. The molecule has 0 saturated heterocycles. The van der Waals surface area contributed by atoms with E-state index in [4.69, 9.17) is 0 Å². The van der Waals surface area contributed by atoms with Crippen molar-refractivity contribution in [1.82, 2.24) is 0 Å². The molecule has 4 nitrogen and oxygen atoms in total. The van der Waals surface area contributed by atoms with Crippen LogP contribution < -0.4 is 0 Å². The highest BCUT2D eigenvalue weighted by molar-refractivity contribution is 5.81. The lowest BCUT2D eigenvalue weighted by Crippen LogP contribution is -1.77. The molecule has 0 aromatic carbocycles. The average molecular weight is 108 g/mol. The number of aliphatic imine (C=N–C) groups is 1. The summed E-state index contributed by atoms with van der Waals surface area (Å²) in [5.41, 5.74) is 0. The molecule has 0 aromatic heterocycles. The maximum atomic E-state index is 3.75. The molecule has 40 valence electrons. The number of hydrogen-bond donors (Lipinski definition) is 0. The molecule has 0 aromatic rings. The smallest absolute Gasteiger partial charge is 0.150 e. The summed E-state index contributed by atoms with van der Waals surface area (Å²) < 4.78 is 0. The minimum atomic E-state index is 0.596. The summed E-state index contributed by atoms with van der Waals surface area (Å²) in [5.74, 6) is 3.03. The Hall–Kier alpha value is -1.28. The molecule has 0 unspecified atom stereocenters. The minimum absolute atomic E-state index is 0.596. The SMILES string of the molecule is CC1=NC=C=NN=N1. The van der Waals surface area contributed by atoms with E-state index in [2.05, 4.69) is 26.3 Å². The Morgan fingerprint density at radius 2 is 2.50 bits per heavy atom. The molecule has 1 aliphatic rings. The third kappa shape index (κ3) is 1.10. The summed E-state index contributed by atoms with van der Waals surface area (Å²) >= 11 is 0. The summed E-state index contributed by atoms with van der Waals surface area (Å²) in [6, 6.07) is 0. The highest BCUT2D eigenvalue weighted by atomic mass is 15.4. The minimum Gasteiger partial charge on any atom is -0.230 e. The number of rotatable bonds is 0. The molecular formula is C4H4N4. The lowest BCUT2D eigenvalue weighted by molar-refractivity contribution is 1.09.